The fourth-order valence-electron chi connectivity index (χ4n) is 2.38. The number of halogens is 1. The number of carbonyl (C=O) groups is 2. The monoisotopic (exact) mass is 495 g/mol. The summed E-state index contributed by atoms with van der Waals surface area (Å²) in [5, 5.41) is 2.44. The van der Waals surface area contributed by atoms with Crippen molar-refractivity contribution in [2.24, 2.45) is 0 Å². The van der Waals surface area contributed by atoms with E-state index in [-0.39, 0.29) is 5.11 Å². The van der Waals surface area contributed by atoms with Gasteiger partial charge in [-0.25, -0.2) is 0 Å². The molecule has 0 aromatic heterocycles. The van der Waals surface area contributed by atoms with Crippen LogP contribution in [0, 0.1) is 0 Å². The van der Waals surface area contributed by atoms with Crippen LogP contribution in [0.2, 0.25) is 0 Å². The van der Waals surface area contributed by atoms with E-state index in [1.54, 1.807) is 30.3 Å². The van der Waals surface area contributed by atoms with E-state index in [1.165, 1.54) is 20.3 Å². The fourth-order valence-corrected chi connectivity index (χ4v) is 2.89. The molecule has 0 radical (unpaired) electrons. The molecule has 0 saturated carbocycles. The summed E-state index contributed by atoms with van der Waals surface area (Å²) in [7, 11) is 2.98. The first-order chi connectivity index (χ1) is 14.4. The first-order valence-corrected chi connectivity index (χ1v) is 10.2. The zero-order valence-corrected chi connectivity index (χ0v) is 19.1. The average molecular weight is 496 g/mol. The SMILES string of the molecule is CCCOc1ccc(Br)cc1C(=O)NC(=S)NNC(=O)c1ccc(OC)c(OC)c1. The van der Waals surface area contributed by atoms with Gasteiger partial charge in [0.2, 0.25) is 0 Å². The Bertz CT molecular complexity index is 939. The molecule has 2 aromatic rings. The first kappa shape index (κ1) is 23.4. The summed E-state index contributed by atoms with van der Waals surface area (Å²) in [4.78, 5) is 24.9. The van der Waals surface area contributed by atoms with Gasteiger partial charge in [-0.3, -0.25) is 25.8 Å². The molecule has 0 aliphatic rings. The number of hydrazine groups is 1. The highest BCUT2D eigenvalue weighted by atomic mass is 79.9. The van der Waals surface area contributed by atoms with Crippen LogP contribution in [-0.4, -0.2) is 37.8 Å². The number of rotatable bonds is 7. The lowest BCUT2D eigenvalue weighted by atomic mass is 10.2. The zero-order valence-electron chi connectivity index (χ0n) is 16.7. The number of thiocarbonyl (C=S) groups is 1. The number of benzene rings is 2. The van der Waals surface area contributed by atoms with Gasteiger partial charge < -0.3 is 14.2 Å². The molecule has 0 atom stereocenters. The zero-order chi connectivity index (χ0) is 22.1. The van der Waals surface area contributed by atoms with Crippen molar-refractivity contribution in [3.8, 4) is 17.2 Å². The number of ether oxygens (including phenoxy) is 3. The topological polar surface area (TPSA) is 97.9 Å². The minimum Gasteiger partial charge on any atom is -0.493 e. The Hall–Kier alpha value is -2.85. The summed E-state index contributed by atoms with van der Waals surface area (Å²) in [6.07, 6.45) is 0.805. The lowest BCUT2D eigenvalue weighted by Gasteiger charge is -2.14. The standard InChI is InChI=1S/C20H22BrN3O5S/c1-4-9-29-15-8-6-13(21)11-14(15)19(26)22-20(30)24-23-18(25)12-5-7-16(27-2)17(10-12)28-3/h5-8,10-11H,4,9H2,1-3H3,(H,23,25)(H2,22,24,26,30). The molecule has 2 amide bonds. The highest BCUT2D eigenvalue weighted by Crippen LogP contribution is 2.27. The number of amides is 2. The molecule has 2 aromatic carbocycles. The van der Waals surface area contributed by atoms with E-state index in [4.69, 9.17) is 26.4 Å². The van der Waals surface area contributed by atoms with Gasteiger partial charge in [0.05, 0.1) is 26.4 Å². The van der Waals surface area contributed by atoms with E-state index in [9.17, 15) is 9.59 Å². The predicted octanol–water partition coefficient (Wildman–Crippen LogP) is 3.20. The molecule has 0 saturated heterocycles. The van der Waals surface area contributed by atoms with Crippen LogP contribution >= 0.6 is 28.1 Å². The lowest BCUT2D eigenvalue weighted by Crippen LogP contribution is -2.48. The van der Waals surface area contributed by atoms with Crippen molar-refractivity contribution in [1.82, 2.24) is 16.2 Å². The van der Waals surface area contributed by atoms with Crippen molar-refractivity contribution in [2.75, 3.05) is 20.8 Å². The molecule has 0 aliphatic carbocycles. The van der Waals surface area contributed by atoms with Gasteiger partial charge in [-0.1, -0.05) is 22.9 Å². The van der Waals surface area contributed by atoms with Crippen molar-refractivity contribution < 1.29 is 23.8 Å². The molecule has 8 nitrogen and oxygen atoms in total. The molecule has 0 unspecified atom stereocenters. The quantitative estimate of drug-likeness (QED) is 0.400. The van der Waals surface area contributed by atoms with Crippen LogP contribution in [0.5, 0.6) is 17.2 Å². The molecule has 0 heterocycles. The Labute approximate surface area is 188 Å². The summed E-state index contributed by atoms with van der Waals surface area (Å²) in [6, 6.07) is 9.81. The van der Waals surface area contributed by atoms with Gasteiger partial charge >= 0.3 is 0 Å². The van der Waals surface area contributed by atoms with Gasteiger partial charge in [0.1, 0.15) is 5.75 Å². The van der Waals surface area contributed by atoms with E-state index in [1.807, 2.05) is 6.92 Å². The Morgan fingerprint density at radius 3 is 2.33 bits per heavy atom. The van der Waals surface area contributed by atoms with Crippen LogP contribution in [0.15, 0.2) is 40.9 Å². The maximum atomic E-state index is 12.6. The third kappa shape index (κ3) is 6.33. The molecule has 160 valence electrons. The largest absolute Gasteiger partial charge is 0.493 e. The number of nitrogens with one attached hydrogen (secondary N) is 3. The van der Waals surface area contributed by atoms with Crippen LogP contribution in [0.25, 0.3) is 0 Å². The molecular formula is C20H22BrN3O5S. The second-order valence-corrected chi connectivity index (χ2v) is 7.25. The number of hydrogen-bond donors (Lipinski definition) is 3. The molecule has 3 N–H and O–H groups in total. The van der Waals surface area contributed by atoms with Gasteiger partial charge in [0.25, 0.3) is 11.8 Å². The van der Waals surface area contributed by atoms with Gasteiger partial charge in [-0.15, -0.1) is 0 Å². The lowest BCUT2D eigenvalue weighted by molar-refractivity contribution is 0.0933. The summed E-state index contributed by atoms with van der Waals surface area (Å²) in [6.45, 7) is 2.45. The Morgan fingerprint density at radius 1 is 0.967 bits per heavy atom. The summed E-state index contributed by atoms with van der Waals surface area (Å²) in [5.41, 5.74) is 5.55. The Morgan fingerprint density at radius 2 is 1.67 bits per heavy atom. The molecule has 0 bridgehead atoms. The summed E-state index contributed by atoms with van der Waals surface area (Å²) in [5.74, 6) is 0.409. The number of methoxy groups -OCH3 is 2. The van der Waals surface area contributed by atoms with Crippen LogP contribution in [-0.2, 0) is 0 Å². The van der Waals surface area contributed by atoms with E-state index in [2.05, 4.69) is 32.1 Å². The number of hydrogen-bond acceptors (Lipinski definition) is 6. The molecule has 30 heavy (non-hydrogen) atoms. The molecule has 0 spiro atoms. The maximum Gasteiger partial charge on any atom is 0.269 e. The Kier molecular flexibility index (Phi) is 8.88. The van der Waals surface area contributed by atoms with Crippen molar-refractivity contribution in [3.05, 3.63) is 52.0 Å². The van der Waals surface area contributed by atoms with Crippen LogP contribution in [0.1, 0.15) is 34.1 Å². The van der Waals surface area contributed by atoms with Crippen LogP contribution in [0.3, 0.4) is 0 Å². The maximum absolute atomic E-state index is 12.6. The predicted molar refractivity (Wildman–Crippen MR) is 120 cm³/mol. The van der Waals surface area contributed by atoms with Crippen molar-refractivity contribution in [1.29, 1.82) is 0 Å². The second-order valence-electron chi connectivity index (χ2n) is 5.92. The Balaban J connectivity index is 1.98. The third-order valence-electron chi connectivity index (χ3n) is 3.81. The van der Waals surface area contributed by atoms with E-state index in [0.717, 1.165) is 10.9 Å². The summed E-state index contributed by atoms with van der Waals surface area (Å²) < 4.78 is 16.6. The molecular weight excluding hydrogens is 474 g/mol. The van der Waals surface area contributed by atoms with Gasteiger partial charge in [0, 0.05) is 10.0 Å². The smallest absolute Gasteiger partial charge is 0.269 e. The van der Waals surface area contributed by atoms with Gasteiger partial charge in [0.15, 0.2) is 16.6 Å². The average Bonchev–Trinajstić information content (AvgIpc) is 2.75. The van der Waals surface area contributed by atoms with Crippen molar-refractivity contribution in [3.63, 3.8) is 0 Å². The molecule has 0 fully saturated rings. The fraction of sp³-hybridized carbons (Fsp3) is 0.250. The molecule has 0 aliphatic heterocycles. The van der Waals surface area contributed by atoms with Crippen LogP contribution < -0.4 is 30.4 Å². The molecule has 2 rings (SSSR count). The normalized spacial score (nSPS) is 10.0. The highest BCUT2D eigenvalue weighted by molar-refractivity contribution is 9.10. The third-order valence-corrected chi connectivity index (χ3v) is 4.51. The second kappa shape index (κ2) is 11.4. The van der Waals surface area contributed by atoms with Crippen LogP contribution in [0.4, 0.5) is 0 Å². The van der Waals surface area contributed by atoms with E-state index >= 15 is 0 Å². The van der Waals surface area contributed by atoms with E-state index < -0.39 is 11.8 Å². The summed E-state index contributed by atoms with van der Waals surface area (Å²) >= 11 is 8.43. The van der Waals surface area contributed by atoms with Gasteiger partial charge in [-0.2, -0.15) is 0 Å². The van der Waals surface area contributed by atoms with Gasteiger partial charge in [-0.05, 0) is 55.0 Å². The molecule has 10 heteroatoms. The van der Waals surface area contributed by atoms with Crippen molar-refractivity contribution >= 4 is 45.1 Å². The number of carbonyl (C=O) groups excluding carboxylic acids is 2. The minimum absolute atomic E-state index is 0.0738. The van der Waals surface area contributed by atoms with Crippen molar-refractivity contribution in [2.45, 2.75) is 13.3 Å². The highest BCUT2D eigenvalue weighted by Gasteiger charge is 2.16. The first-order valence-electron chi connectivity index (χ1n) is 8.95. The minimum atomic E-state index is -0.472. The van der Waals surface area contributed by atoms with E-state index in [0.29, 0.717) is 35.0 Å².